The number of Topliss-reactive ketones (excluding diaryl/α,β-unsaturated/α-hetero) is 2. The lowest BCUT2D eigenvalue weighted by Gasteiger charge is -2.30. The number of benzene rings is 2. The van der Waals surface area contributed by atoms with Gasteiger partial charge in [0.2, 0.25) is 0 Å². The van der Waals surface area contributed by atoms with Crippen LogP contribution in [0.3, 0.4) is 0 Å². The molecule has 0 bridgehead atoms. The summed E-state index contributed by atoms with van der Waals surface area (Å²) in [4.78, 5) is 58.2. The second-order valence-electron chi connectivity index (χ2n) is 7.48. The molecule has 0 amide bonds. The monoisotopic (exact) mass is 520 g/mol. The second kappa shape index (κ2) is 13.0. The van der Waals surface area contributed by atoms with Crippen molar-refractivity contribution >= 4 is 39.4 Å². The van der Waals surface area contributed by atoms with E-state index < -0.39 is 33.7 Å². The highest BCUT2D eigenvalue weighted by atomic mass is 79.9. The Kier molecular flexibility index (Phi) is 10.4. The first kappa shape index (κ1) is 26.4. The van der Waals surface area contributed by atoms with E-state index in [1.54, 1.807) is 48.5 Å². The van der Waals surface area contributed by atoms with Crippen molar-refractivity contribution in [1.29, 1.82) is 0 Å². The first-order valence-electron chi connectivity index (χ1n) is 10.4. The molecule has 0 spiro atoms. The molecule has 0 aliphatic rings. The Morgan fingerprint density at radius 1 is 0.788 bits per heavy atom. The smallest absolute Gasteiger partial charge is 0.301 e. The van der Waals surface area contributed by atoms with Crippen LogP contribution in [-0.4, -0.2) is 38.3 Å². The van der Waals surface area contributed by atoms with E-state index in [1.807, 2.05) is 0 Å². The molecule has 0 saturated heterocycles. The van der Waals surface area contributed by atoms with Crippen molar-refractivity contribution < 1.29 is 39.5 Å². The third-order valence-electron chi connectivity index (χ3n) is 5.33. The van der Waals surface area contributed by atoms with Gasteiger partial charge in [-0.25, -0.2) is 9.59 Å². The van der Waals surface area contributed by atoms with Crippen molar-refractivity contribution in [3.63, 3.8) is 0 Å². The summed E-state index contributed by atoms with van der Waals surface area (Å²) in [6, 6.07) is 16.2. The minimum atomic E-state index is -2.14. The molecule has 0 saturated carbocycles. The van der Waals surface area contributed by atoms with Gasteiger partial charge < -0.3 is 4.89 Å². The molecule has 0 aromatic heterocycles. The lowest BCUT2D eigenvalue weighted by Crippen LogP contribution is -2.51. The van der Waals surface area contributed by atoms with Gasteiger partial charge in [-0.3, -0.25) is 14.5 Å². The van der Waals surface area contributed by atoms with Crippen molar-refractivity contribution in [2.75, 3.05) is 0 Å². The topological polar surface area (TPSA) is 127 Å². The van der Waals surface area contributed by atoms with Gasteiger partial charge in [0.15, 0.2) is 15.9 Å². The first-order valence-corrected chi connectivity index (χ1v) is 11.2. The van der Waals surface area contributed by atoms with E-state index in [0.717, 1.165) is 0 Å². The summed E-state index contributed by atoms with van der Waals surface area (Å²) in [5.74, 6) is -4.34. The standard InChI is InChI=1S/C24H25BrO8/c25-24(23(29)33-31,22(28)18-13-7-4-8-14-18)19(21(27)17-11-5-3-6-12-17)15-9-1-2-10-16-20(26)32-30/h3-8,11-14,19,30-31H,1-2,9-10,15-16H2. The van der Waals surface area contributed by atoms with Crippen LogP contribution in [0.4, 0.5) is 0 Å². The highest BCUT2D eigenvalue weighted by molar-refractivity contribution is 9.10. The molecule has 33 heavy (non-hydrogen) atoms. The van der Waals surface area contributed by atoms with Gasteiger partial charge in [0.1, 0.15) is 0 Å². The van der Waals surface area contributed by atoms with Crippen molar-refractivity contribution in [2.45, 2.75) is 42.8 Å². The van der Waals surface area contributed by atoms with E-state index in [4.69, 9.17) is 5.26 Å². The number of carbonyl (C=O) groups excluding carboxylic acids is 4. The van der Waals surface area contributed by atoms with Gasteiger partial charge in [0.05, 0.1) is 5.92 Å². The minimum absolute atomic E-state index is 0.0502. The third kappa shape index (κ3) is 6.80. The Morgan fingerprint density at radius 3 is 1.88 bits per heavy atom. The maximum atomic E-state index is 13.4. The van der Waals surface area contributed by atoms with Crippen molar-refractivity contribution in [3.05, 3.63) is 71.8 Å². The molecule has 8 nitrogen and oxygen atoms in total. The second-order valence-corrected chi connectivity index (χ2v) is 8.74. The van der Waals surface area contributed by atoms with Crippen LogP contribution in [0, 0.1) is 5.92 Å². The van der Waals surface area contributed by atoms with Gasteiger partial charge in [0, 0.05) is 17.5 Å². The Hall–Kier alpha value is -2.88. The molecule has 2 unspecified atom stereocenters. The molecule has 2 atom stereocenters. The zero-order chi connectivity index (χ0) is 24.3. The lowest BCUT2D eigenvalue weighted by atomic mass is 9.78. The van der Waals surface area contributed by atoms with Crippen LogP contribution in [0.15, 0.2) is 60.7 Å². The van der Waals surface area contributed by atoms with Crippen LogP contribution in [0.2, 0.25) is 0 Å². The molecule has 0 heterocycles. The van der Waals surface area contributed by atoms with Gasteiger partial charge >= 0.3 is 11.9 Å². The van der Waals surface area contributed by atoms with Crippen molar-refractivity contribution in [1.82, 2.24) is 0 Å². The highest BCUT2D eigenvalue weighted by Gasteiger charge is 2.54. The molecule has 2 rings (SSSR count). The molecule has 9 heteroatoms. The zero-order valence-electron chi connectivity index (χ0n) is 17.8. The highest BCUT2D eigenvalue weighted by Crippen LogP contribution is 2.39. The van der Waals surface area contributed by atoms with Crippen LogP contribution < -0.4 is 0 Å². The number of carbonyl (C=O) groups is 4. The quantitative estimate of drug-likeness (QED) is 0.0954. The number of unbranched alkanes of at least 4 members (excludes halogenated alkanes) is 3. The minimum Gasteiger partial charge on any atom is -0.301 e. The average molecular weight is 521 g/mol. The van der Waals surface area contributed by atoms with Gasteiger partial charge in [-0.15, -0.1) is 0 Å². The fourth-order valence-electron chi connectivity index (χ4n) is 3.59. The van der Waals surface area contributed by atoms with Gasteiger partial charge in [0.25, 0.3) is 0 Å². The number of halogens is 1. The number of hydrogen-bond donors (Lipinski definition) is 2. The van der Waals surface area contributed by atoms with Crippen LogP contribution in [0.25, 0.3) is 0 Å². The molecular formula is C24H25BrO8. The molecule has 176 valence electrons. The van der Waals surface area contributed by atoms with Crippen LogP contribution >= 0.6 is 15.9 Å². The van der Waals surface area contributed by atoms with E-state index in [-0.39, 0.29) is 18.4 Å². The zero-order valence-corrected chi connectivity index (χ0v) is 19.4. The molecule has 2 aromatic rings. The molecule has 0 fully saturated rings. The Balaban J connectivity index is 2.31. The summed E-state index contributed by atoms with van der Waals surface area (Å²) < 4.78 is -2.14. The van der Waals surface area contributed by atoms with Gasteiger partial charge in [-0.2, -0.15) is 10.5 Å². The summed E-state index contributed by atoms with van der Waals surface area (Å²) in [5.41, 5.74) is 0.483. The maximum absolute atomic E-state index is 13.4. The van der Waals surface area contributed by atoms with Gasteiger partial charge in [-0.05, 0) is 12.8 Å². The molecule has 0 aliphatic heterocycles. The molecule has 0 radical (unpaired) electrons. The normalized spacial score (nSPS) is 13.4. The van der Waals surface area contributed by atoms with Gasteiger partial charge in [-0.1, -0.05) is 95.9 Å². The van der Waals surface area contributed by atoms with E-state index in [9.17, 15) is 24.4 Å². The number of alkyl halides is 1. The van der Waals surface area contributed by atoms with Crippen LogP contribution in [0.1, 0.15) is 59.2 Å². The Labute approximate surface area is 199 Å². The van der Waals surface area contributed by atoms with Crippen LogP contribution in [-0.2, 0) is 19.4 Å². The molecule has 0 aliphatic carbocycles. The van der Waals surface area contributed by atoms with Crippen LogP contribution in [0.5, 0.6) is 0 Å². The number of ketones is 2. The Morgan fingerprint density at radius 2 is 1.33 bits per heavy atom. The van der Waals surface area contributed by atoms with E-state index >= 15 is 0 Å². The Bertz CT molecular complexity index is 947. The average Bonchev–Trinajstić information content (AvgIpc) is 2.87. The number of rotatable bonds is 13. The van der Waals surface area contributed by atoms with E-state index in [0.29, 0.717) is 31.2 Å². The lowest BCUT2D eigenvalue weighted by molar-refractivity contribution is -0.236. The van der Waals surface area contributed by atoms with E-state index in [2.05, 4.69) is 25.7 Å². The van der Waals surface area contributed by atoms with E-state index in [1.165, 1.54) is 12.1 Å². The first-order chi connectivity index (χ1) is 15.9. The summed E-state index contributed by atoms with van der Waals surface area (Å²) in [6.45, 7) is 0. The van der Waals surface area contributed by atoms with Crippen molar-refractivity contribution in [3.8, 4) is 0 Å². The largest absolute Gasteiger partial charge is 0.367 e. The number of hydrogen-bond acceptors (Lipinski definition) is 8. The third-order valence-corrected chi connectivity index (χ3v) is 6.56. The summed E-state index contributed by atoms with van der Waals surface area (Å²) in [6.07, 6.45) is 2.30. The molecule has 2 N–H and O–H groups in total. The van der Waals surface area contributed by atoms with Crippen molar-refractivity contribution in [2.24, 2.45) is 5.92 Å². The maximum Gasteiger partial charge on any atom is 0.367 e. The molecular weight excluding hydrogens is 496 g/mol. The predicted molar refractivity (Wildman–Crippen MR) is 122 cm³/mol. The summed E-state index contributed by atoms with van der Waals surface area (Å²) in [5, 5.41) is 17.5. The fraction of sp³-hybridized carbons (Fsp3) is 0.333. The fourth-order valence-corrected chi connectivity index (χ4v) is 4.33. The molecule has 2 aromatic carbocycles. The SMILES string of the molecule is O=C(CCCCCCC(C(=O)c1ccccc1)C(Br)(C(=O)OO)C(=O)c1ccccc1)OO. The summed E-state index contributed by atoms with van der Waals surface area (Å²) >= 11 is 3.20. The summed E-state index contributed by atoms with van der Waals surface area (Å²) in [7, 11) is 0. The predicted octanol–water partition coefficient (Wildman–Crippen LogP) is 4.88.